The topological polar surface area (TPSA) is 58.4 Å². The summed E-state index contributed by atoms with van der Waals surface area (Å²) in [6.45, 7) is 2.83. The van der Waals surface area contributed by atoms with Gasteiger partial charge in [0.15, 0.2) is 0 Å². The second-order valence-corrected chi connectivity index (χ2v) is 5.36. The minimum atomic E-state index is 0.0580. The second kappa shape index (κ2) is 7.92. The van der Waals surface area contributed by atoms with E-state index in [9.17, 15) is 4.79 Å². The molecule has 106 valence electrons. The van der Waals surface area contributed by atoms with Crippen LogP contribution in [-0.4, -0.2) is 30.9 Å². The maximum absolute atomic E-state index is 11.8. The molecule has 1 aromatic carbocycles. The van der Waals surface area contributed by atoms with Crippen LogP contribution in [0.2, 0.25) is 0 Å². The molecule has 1 rings (SSSR count). The predicted molar refractivity (Wildman–Crippen MR) is 80.0 cm³/mol. The van der Waals surface area contributed by atoms with Gasteiger partial charge in [-0.2, -0.15) is 0 Å². The van der Waals surface area contributed by atoms with Crippen molar-refractivity contribution >= 4 is 11.6 Å². The lowest BCUT2D eigenvalue weighted by Gasteiger charge is -2.11. The number of carbonyl (C=O) groups is 1. The summed E-state index contributed by atoms with van der Waals surface area (Å²) in [6.07, 6.45) is 2.24. The molecular weight excluding hydrogens is 238 g/mol. The number of hydrogen-bond acceptors (Lipinski definition) is 3. The molecule has 1 amide bonds. The van der Waals surface area contributed by atoms with Crippen molar-refractivity contribution in [3.63, 3.8) is 0 Å². The zero-order chi connectivity index (χ0) is 14.3. The van der Waals surface area contributed by atoms with Gasteiger partial charge < -0.3 is 16.0 Å². The van der Waals surface area contributed by atoms with Crippen molar-refractivity contribution in [2.75, 3.05) is 19.4 Å². The van der Waals surface area contributed by atoms with Crippen LogP contribution in [-0.2, 0) is 11.3 Å². The number of rotatable bonds is 7. The lowest BCUT2D eigenvalue weighted by atomic mass is 10.1. The number of hydrogen-bond donors (Lipinski definition) is 2. The zero-order valence-electron chi connectivity index (χ0n) is 12.1. The Balaban J connectivity index is 2.45. The van der Waals surface area contributed by atoms with Crippen LogP contribution < -0.4 is 11.1 Å². The summed E-state index contributed by atoms with van der Waals surface area (Å²) < 4.78 is 0. The lowest BCUT2D eigenvalue weighted by molar-refractivity contribution is -0.116. The highest BCUT2D eigenvalue weighted by molar-refractivity contribution is 5.90. The first-order valence-electron chi connectivity index (χ1n) is 6.76. The summed E-state index contributed by atoms with van der Waals surface area (Å²) in [5, 5.41) is 2.93. The van der Waals surface area contributed by atoms with Crippen LogP contribution in [0.15, 0.2) is 24.3 Å². The van der Waals surface area contributed by atoms with Crippen molar-refractivity contribution in [1.82, 2.24) is 4.90 Å². The van der Waals surface area contributed by atoms with E-state index in [0.29, 0.717) is 6.42 Å². The van der Waals surface area contributed by atoms with Gasteiger partial charge in [0, 0.05) is 24.7 Å². The van der Waals surface area contributed by atoms with Gasteiger partial charge in [0.25, 0.3) is 0 Å². The molecule has 0 saturated heterocycles. The third kappa shape index (κ3) is 6.94. The van der Waals surface area contributed by atoms with Crippen molar-refractivity contribution in [2.24, 2.45) is 5.73 Å². The van der Waals surface area contributed by atoms with Crippen LogP contribution in [0.4, 0.5) is 5.69 Å². The molecule has 4 heteroatoms. The van der Waals surface area contributed by atoms with E-state index < -0.39 is 0 Å². The van der Waals surface area contributed by atoms with Crippen LogP contribution >= 0.6 is 0 Å². The van der Waals surface area contributed by atoms with E-state index in [-0.39, 0.29) is 11.9 Å². The Morgan fingerprint density at radius 1 is 1.42 bits per heavy atom. The Hall–Kier alpha value is -1.39. The summed E-state index contributed by atoms with van der Waals surface area (Å²) in [7, 11) is 4.05. The Kier molecular flexibility index (Phi) is 6.53. The molecule has 1 unspecified atom stereocenters. The van der Waals surface area contributed by atoms with Gasteiger partial charge in [0.2, 0.25) is 5.91 Å². The average molecular weight is 263 g/mol. The van der Waals surface area contributed by atoms with Gasteiger partial charge >= 0.3 is 0 Å². The fourth-order valence-electron chi connectivity index (χ4n) is 1.92. The Labute approximate surface area is 116 Å². The molecule has 0 aliphatic carbocycles. The first-order chi connectivity index (χ1) is 8.97. The van der Waals surface area contributed by atoms with Crippen LogP contribution in [0.25, 0.3) is 0 Å². The Bertz CT molecular complexity index is 402. The molecule has 0 bridgehead atoms. The van der Waals surface area contributed by atoms with E-state index in [1.807, 2.05) is 39.2 Å². The quantitative estimate of drug-likeness (QED) is 0.793. The Morgan fingerprint density at radius 2 is 2.16 bits per heavy atom. The molecule has 0 radical (unpaired) electrons. The summed E-state index contributed by atoms with van der Waals surface area (Å²) in [5.41, 5.74) is 7.72. The van der Waals surface area contributed by atoms with Crippen LogP contribution in [0.3, 0.4) is 0 Å². The zero-order valence-corrected chi connectivity index (χ0v) is 12.1. The normalized spacial score (nSPS) is 12.5. The van der Waals surface area contributed by atoms with Gasteiger partial charge in [0.1, 0.15) is 0 Å². The lowest BCUT2D eigenvalue weighted by Crippen LogP contribution is -2.17. The molecule has 0 saturated carbocycles. The van der Waals surface area contributed by atoms with E-state index >= 15 is 0 Å². The molecule has 3 N–H and O–H groups in total. The third-order valence-electron chi connectivity index (χ3n) is 2.77. The van der Waals surface area contributed by atoms with E-state index in [2.05, 4.69) is 16.3 Å². The molecule has 0 fully saturated rings. The van der Waals surface area contributed by atoms with E-state index in [1.54, 1.807) is 0 Å². The predicted octanol–water partition coefficient (Wildman–Crippen LogP) is 2.20. The molecule has 0 aliphatic heterocycles. The maximum atomic E-state index is 11.8. The molecule has 0 spiro atoms. The van der Waals surface area contributed by atoms with Gasteiger partial charge in [-0.25, -0.2) is 0 Å². The molecule has 1 atom stereocenters. The number of benzene rings is 1. The first kappa shape index (κ1) is 15.7. The number of carbonyl (C=O) groups excluding carboxylic acids is 1. The largest absolute Gasteiger partial charge is 0.328 e. The third-order valence-corrected chi connectivity index (χ3v) is 2.77. The van der Waals surface area contributed by atoms with E-state index in [1.165, 1.54) is 5.56 Å². The highest BCUT2D eigenvalue weighted by Crippen LogP contribution is 2.12. The molecule has 0 aromatic heterocycles. The highest BCUT2D eigenvalue weighted by atomic mass is 16.1. The number of amides is 1. The number of anilines is 1. The summed E-state index contributed by atoms with van der Waals surface area (Å²) in [5.74, 6) is 0.0580. The molecule has 0 aliphatic rings. The van der Waals surface area contributed by atoms with Crippen LogP contribution in [0, 0.1) is 0 Å². The SMILES string of the molecule is CC(N)CCCC(=O)Nc1cccc(CN(C)C)c1. The minimum absolute atomic E-state index is 0.0580. The molecule has 1 aromatic rings. The Morgan fingerprint density at radius 3 is 2.79 bits per heavy atom. The number of nitrogens with one attached hydrogen (secondary N) is 1. The summed E-state index contributed by atoms with van der Waals surface area (Å²) >= 11 is 0. The van der Waals surface area contributed by atoms with Gasteiger partial charge in [-0.1, -0.05) is 12.1 Å². The average Bonchev–Trinajstić information content (AvgIpc) is 2.27. The van der Waals surface area contributed by atoms with Gasteiger partial charge in [-0.15, -0.1) is 0 Å². The van der Waals surface area contributed by atoms with Crippen molar-refractivity contribution < 1.29 is 4.79 Å². The van der Waals surface area contributed by atoms with Gasteiger partial charge in [0.05, 0.1) is 0 Å². The van der Waals surface area contributed by atoms with Crippen molar-refractivity contribution in [1.29, 1.82) is 0 Å². The van der Waals surface area contributed by atoms with Crippen LogP contribution in [0.5, 0.6) is 0 Å². The molecular formula is C15H25N3O. The van der Waals surface area contributed by atoms with Gasteiger partial charge in [-0.3, -0.25) is 4.79 Å². The van der Waals surface area contributed by atoms with Crippen molar-refractivity contribution in [2.45, 2.75) is 38.8 Å². The molecule has 4 nitrogen and oxygen atoms in total. The van der Waals surface area contributed by atoms with E-state index in [0.717, 1.165) is 25.1 Å². The molecule has 19 heavy (non-hydrogen) atoms. The van der Waals surface area contributed by atoms with Gasteiger partial charge in [-0.05, 0) is 51.6 Å². The first-order valence-corrected chi connectivity index (χ1v) is 6.76. The monoisotopic (exact) mass is 263 g/mol. The van der Waals surface area contributed by atoms with Crippen molar-refractivity contribution in [3.8, 4) is 0 Å². The summed E-state index contributed by atoms with van der Waals surface area (Å²) in [4.78, 5) is 13.9. The second-order valence-electron chi connectivity index (χ2n) is 5.36. The van der Waals surface area contributed by atoms with Crippen molar-refractivity contribution in [3.05, 3.63) is 29.8 Å². The van der Waals surface area contributed by atoms with Crippen LogP contribution in [0.1, 0.15) is 31.7 Å². The standard InChI is InChI=1S/C15H25N3O/c1-12(16)6-4-9-15(19)17-14-8-5-7-13(10-14)11-18(2)3/h5,7-8,10,12H,4,6,9,11,16H2,1-3H3,(H,17,19). The fourth-order valence-corrected chi connectivity index (χ4v) is 1.92. The number of nitrogens with zero attached hydrogens (tertiary/aromatic N) is 1. The smallest absolute Gasteiger partial charge is 0.224 e. The number of nitrogens with two attached hydrogens (primary N) is 1. The minimum Gasteiger partial charge on any atom is -0.328 e. The highest BCUT2D eigenvalue weighted by Gasteiger charge is 2.04. The summed E-state index contributed by atoms with van der Waals surface area (Å²) in [6, 6.07) is 8.13. The maximum Gasteiger partial charge on any atom is 0.224 e. The van der Waals surface area contributed by atoms with E-state index in [4.69, 9.17) is 5.73 Å². The fraction of sp³-hybridized carbons (Fsp3) is 0.533. The molecule has 0 heterocycles.